The van der Waals surface area contributed by atoms with Crippen LogP contribution in [0.5, 0.6) is 0 Å². The lowest BCUT2D eigenvalue weighted by molar-refractivity contribution is -0.426. The minimum Gasteiger partial charge on any atom is -0.465 e. The molecule has 0 radical (unpaired) electrons. The fourth-order valence-electron chi connectivity index (χ4n) is 0.620. The van der Waals surface area contributed by atoms with Gasteiger partial charge in [-0.3, -0.25) is 0 Å². The van der Waals surface area contributed by atoms with E-state index in [9.17, 15) is 0 Å². The molecule has 0 aliphatic heterocycles. The van der Waals surface area contributed by atoms with Gasteiger partial charge >= 0.3 is 0 Å². The highest BCUT2D eigenvalue weighted by molar-refractivity contribution is 5.28. The van der Waals surface area contributed by atoms with Gasteiger partial charge in [-0.05, 0) is 6.92 Å². The van der Waals surface area contributed by atoms with Gasteiger partial charge in [0.05, 0.1) is 6.26 Å². The molecule has 0 atom stereocenters. The largest absolute Gasteiger partial charge is 0.465 e. The summed E-state index contributed by atoms with van der Waals surface area (Å²) < 4.78 is 6.72. The fourth-order valence-corrected chi connectivity index (χ4v) is 0.620. The van der Waals surface area contributed by atoms with Crippen LogP contribution >= 0.6 is 0 Å². The van der Waals surface area contributed by atoms with Crippen molar-refractivity contribution in [1.82, 2.24) is 0 Å². The van der Waals surface area contributed by atoms with E-state index in [0.29, 0.717) is 0 Å². The van der Waals surface area contributed by atoms with Crippen LogP contribution in [0, 0.1) is 0 Å². The molecule has 0 aliphatic carbocycles. The summed E-state index contributed by atoms with van der Waals surface area (Å²) >= 11 is 0. The van der Waals surface area contributed by atoms with Crippen molar-refractivity contribution in [2.24, 2.45) is 0 Å². The monoisotopic (exact) mass is 124 g/mol. The molecule has 2 nitrogen and oxygen atoms in total. The molecule has 0 amide bonds. The zero-order valence-corrected chi connectivity index (χ0v) is 5.50. The summed E-state index contributed by atoms with van der Waals surface area (Å²) in [5.41, 5.74) is 1.03. The number of hydrogen-bond donors (Lipinski definition) is 0. The molecule has 9 heavy (non-hydrogen) atoms. The summed E-state index contributed by atoms with van der Waals surface area (Å²) in [4.78, 5) is 0. The van der Waals surface area contributed by atoms with Crippen LogP contribution < -0.4 is 0 Å². The summed E-state index contributed by atoms with van der Waals surface area (Å²) in [6.45, 7) is 6.72. The molecule has 0 fully saturated rings. The Hall–Kier alpha value is -1.05. The quantitative estimate of drug-likeness (QED) is 0.432. The standard InChI is InChI=1S/C7H10NO/c1-3-8(2)7-4-5-9-6-7/h4-6H,2-3H2,1H3/q+1. The number of rotatable bonds is 2. The molecule has 1 heterocycles. The molecule has 0 N–H and O–H groups in total. The van der Waals surface area contributed by atoms with E-state index in [2.05, 4.69) is 6.72 Å². The number of furan rings is 1. The summed E-state index contributed by atoms with van der Waals surface area (Å²) in [5, 5.41) is 0. The van der Waals surface area contributed by atoms with Crippen molar-refractivity contribution in [3.8, 4) is 0 Å². The van der Waals surface area contributed by atoms with Gasteiger partial charge in [-0.2, -0.15) is 0 Å². The predicted molar refractivity (Wildman–Crippen MR) is 36.3 cm³/mol. The molecule has 1 aromatic rings. The van der Waals surface area contributed by atoms with Gasteiger partial charge in [0.25, 0.3) is 0 Å². The first-order valence-electron chi connectivity index (χ1n) is 2.95. The summed E-state index contributed by atoms with van der Waals surface area (Å²) in [7, 11) is 0. The van der Waals surface area contributed by atoms with E-state index in [0.717, 1.165) is 12.2 Å². The second-order valence-corrected chi connectivity index (χ2v) is 1.84. The van der Waals surface area contributed by atoms with Crippen LogP contribution in [0.25, 0.3) is 0 Å². The molecule has 0 saturated carbocycles. The van der Waals surface area contributed by atoms with Gasteiger partial charge in [0.15, 0.2) is 6.26 Å². The Morgan fingerprint density at radius 1 is 1.78 bits per heavy atom. The van der Waals surface area contributed by atoms with E-state index >= 15 is 0 Å². The Morgan fingerprint density at radius 2 is 2.56 bits per heavy atom. The van der Waals surface area contributed by atoms with Crippen LogP contribution in [0.3, 0.4) is 0 Å². The van der Waals surface area contributed by atoms with Gasteiger partial charge in [0.2, 0.25) is 5.69 Å². The first kappa shape index (κ1) is 6.08. The molecule has 1 aromatic heterocycles. The Balaban J connectivity index is 2.77. The van der Waals surface area contributed by atoms with Crippen LogP contribution in [0.15, 0.2) is 23.0 Å². The second kappa shape index (κ2) is 2.49. The van der Waals surface area contributed by atoms with Gasteiger partial charge in [-0.25, -0.2) is 4.58 Å². The fraction of sp³-hybridized carbons (Fsp3) is 0.286. The zero-order chi connectivity index (χ0) is 6.69. The number of nitrogens with zero attached hydrogens (tertiary/aromatic N) is 1. The van der Waals surface area contributed by atoms with Crippen LogP contribution in [0.2, 0.25) is 0 Å². The molecule has 48 valence electrons. The lowest BCUT2D eigenvalue weighted by Gasteiger charge is -1.87. The molecule has 0 aromatic carbocycles. The topological polar surface area (TPSA) is 16.1 Å². The SMILES string of the molecule is C=[N+](CC)c1ccoc1. The van der Waals surface area contributed by atoms with Gasteiger partial charge < -0.3 is 4.42 Å². The first-order chi connectivity index (χ1) is 4.34. The Morgan fingerprint density at radius 3 is 3.00 bits per heavy atom. The van der Waals surface area contributed by atoms with Crippen molar-refractivity contribution < 1.29 is 8.99 Å². The van der Waals surface area contributed by atoms with E-state index in [4.69, 9.17) is 4.42 Å². The average molecular weight is 124 g/mol. The maximum absolute atomic E-state index is 4.86. The first-order valence-corrected chi connectivity index (χ1v) is 2.95. The molecule has 2 heteroatoms. The third kappa shape index (κ3) is 1.19. The van der Waals surface area contributed by atoms with E-state index in [-0.39, 0.29) is 0 Å². The third-order valence-corrected chi connectivity index (χ3v) is 1.25. The molecular weight excluding hydrogens is 114 g/mol. The van der Waals surface area contributed by atoms with Crippen molar-refractivity contribution in [2.45, 2.75) is 6.92 Å². The molecule has 0 spiro atoms. The Bertz CT molecular complexity index is 189. The molecular formula is C7H10NO+. The minimum absolute atomic E-state index is 0.902. The van der Waals surface area contributed by atoms with Gasteiger partial charge in [0, 0.05) is 6.07 Å². The maximum atomic E-state index is 4.86. The predicted octanol–water partition coefficient (Wildman–Crippen LogP) is 1.64. The molecule has 0 bridgehead atoms. The molecule has 0 saturated heterocycles. The summed E-state index contributed by atoms with van der Waals surface area (Å²) in [5.74, 6) is 0. The average Bonchev–Trinajstić information content (AvgIpc) is 2.37. The Kier molecular flexibility index (Phi) is 1.68. The zero-order valence-electron chi connectivity index (χ0n) is 5.50. The lowest BCUT2D eigenvalue weighted by atomic mass is 10.5. The van der Waals surface area contributed by atoms with Crippen LogP contribution in [-0.4, -0.2) is 17.8 Å². The minimum atomic E-state index is 0.902. The highest BCUT2D eigenvalue weighted by Crippen LogP contribution is 2.08. The van der Waals surface area contributed by atoms with Gasteiger partial charge in [-0.15, -0.1) is 0 Å². The smallest absolute Gasteiger partial charge is 0.243 e. The van der Waals surface area contributed by atoms with E-state index in [1.54, 1.807) is 12.5 Å². The third-order valence-electron chi connectivity index (χ3n) is 1.25. The Labute approximate surface area is 54.4 Å². The highest BCUT2D eigenvalue weighted by Gasteiger charge is 2.01. The van der Waals surface area contributed by atoms with E-state index in [1.165, 1.54) is 0 Å². The normalized spacial score (nSPS) is 9.44. The second-order valence-electron chi connectivity index (χ2n) is 1.84. The van der Waals surface area contributed by atoms with Crippen LogP contribution in [-0.2, 0) is 0 Å². The highest BCUT2D eigenvalue weighted by atomic mass is 16.3. The van der Waals surface area contributed by atoms with Crippen molar-refractivity contribution in [3.63, 3.8) is 0 Å². The van der Waals surface area contributed by atoms with Gasteiger partial charge in [0.1, 0.15) is 13.3 Å². The lowest BCUT2D eigenvalue weighted by Crippen LogP contribution is -1.98. The van der Waals surface area contributed by atoms with E-state index in [1.807, 2.05) is 17.6 Å². The van der Waals surface area contributed by atoms with E-state index < -0.39 is 0 Å². The van der Waals surface area contributed by atoms with Crippen molar-refractivity contribution in [1.29, 1.82) is 0 Å². The molecule has 1 rings (SSSR count). The van der Waals surface area contributed by atoms with Crippen molar-refractivity contribution >= 4 is 12.4 Å². The van der Waals surface area contributed by atoms with Gasteiger partial charge in [-0.1, -0.05) is 0 Å². The van der Waals surface area contributed by atoms with Crippen molar-refractivity contribution in [2.75, 3.05) is 6.54 Å². The summed E-state index contributed by atoms with van der Waals surface area (Å²) in [6, 6.07) is 1.89. The number of hydrogen-bond acceptors (Lipinski definition) is 1. The molecule has 0 aliphatic rings. The molecule has 0 unspecified atom stereocenters. The van der Waals surface area contributed by atoms with Crippen LogP contribution in [0.4, 0.5) is 5.69 Å². The van der Waals surface area contributed by atoms with Crippen molar-refractivity contribution in [3.05, 3.63) is 18.6 Å². The summed E-state index contributed by atoms with van der Waals surface area (Å²) in [6.07, 6.45) is 3.32. The van der Waals surface area contributed by atoms with Crippen LogP contribution in [0.1, 0.15) is 6.92 Å². The maximum Gasteiger partial charge on any atom is 0.243 e.